The number of amides is 1. The monoisotopic (exact) mass is 563 g/mol. The maximum Gasteiger partial charge on any atom is 0.390 e. The molecule has 3 rings (SSSR count). The Labute approximate surface area is 220 Å². The van der Waals surface area contributed by atoms with Gasteiger partial charge in [-0.3, -0.25) is 19.8 Å². The predicted octanol–water partition coefficient (Wildman–Crippen LogP) is 3.45. The lowest BCUT2D eigenvalue weighted by Gasteiger charge is -2.37. The molecule has 1 aliphatic rings. The van der Waals surface area contributed by atoms with Gasteiger partial charge in [0.05, 0.1) is 23.4 Å². The van der Waals surface area contributed by atoms with Gasteiger partial charge in [-0.05, 0) is 24.3 Å². The van der Waals surface area contributed by atoms with Crippen LogP contribution in [0.25, 0.3) is 0 Å². The van der Waals surface area contributed by atoms with Crippen molar-refractivity contribution in [2.24, 2.45) is 5.73 Å². The third-order valence-corrected chi connectivity index (χ3v) is 6.35. The number of rotatable bonds is 10. The van der Waals surface area contributed by atoms with Gasteiger partial charge in [-0.25, -0.2) is 8.78 Å². The highest BCUT2D eigenvalue weighted by atomic mass is 35.5. The third-order valence-electron chi connectivity index (χ3n) is 6.11. The lowest BCUT2D eigenvalue weighted by Crippen LogP contribution is -2.47. The van der Waals surface area contributed by atoms with Crippen LogP contribution in [0.3, 0.4) is 0 Å². The van der Waals surface area contributed by atoms with Crippen molar-refractivity contribution in [1.29, 1.82) is 0 Å². The van der Waals surface area contributed by atoms with E-state index in [0.717, 1.165) is 6.07 Å². The number of benzene rings is 2. The number of halogens is 6. The maximum absolute atomic E-state index is 14.8. The lowest BCUT2D eigenvalue weighted by atomic mass is 10.1. The number of alkyl halides is 3. The van der Waals surface area contributed by atoms with Crippen molar-refractivity contribution in [2.75, 3.05) is 49.5 Å². The van der Waals surface area contributed by atoms with E-state index in [1.165, 1.54) is 18.2 Å². The van der Waals surface area contributed by atoms with Gasteiger partial charge in [0, 0.05) is 56.4 Å². The van der Waals surface area contributed by atoms with Crippen LogP contribution in [0.15, 0.2) is 30.3 Å². The largest absolute Gasteiger partial charge is 0.480 e. The molecule has 0 spiro atoms. The molecule has 2 aromatic carbocycles. The molecule has 2 aromatic rings. The molecule has 208 valence electrons. The molecular weight excluding hydrogens is 537 g/mol. The van der Waals surface area contributed by atoms with Crippen molar-refractivity contribution in [3.63, 3.8) is 0 Å². The van der Waals surface area contributed by atoms with E-state index in [1.54, 1.807) is 11.0 Å². The summed E-state index contributed by atoms with van der Waals surface area (Å²) >= 11 is 6.13. The molecular formula is C24H27ClF5N5O3. The topological polar surface area (TPSA) is 111 Å². The molecule has 0 aromatic heterocycles. The van der Waals surface area contributed by atoms with Gasteiger partial charge in [0.2, 0.25) is 0 Å². The molecule has 1 amide bonds. The van der Waals surface area contributed by atoms with Crippen LogP contribution in [-0.4, -0.2) is 73.4 Å². The number of carbonyl (C=O) groups is 2. The van der Waals surface area contributed by atoms with Crippen molar-refractivity contribution in [3.05, 3.63) is 58.1 Å². The minimum atomic E-state index is -4.24. The molecule has 0 unspecified atom stereocenters. The Morgan fingerprint density at radius 1 is 1.08 bits per heavy atom. The number of hydrogen-bond donors (Lipinski definition) is 4. The van der Waals surface area contributed by atoms with Crippen LogP contribution in [-0.2, 0) is 11.3 Å². The molecule has 0 bridgehead atoms. The summed E-state index contributed by atoms with van der Waals surface area (Å²) in [5.41, 5.74) is 5.33. The van der Waals surface area contributed by atoms with Crippen LogP contribution in [0.2, 0.25) is 5.02 Å². The number of carboxylic acids is 1. The molecule has 38 heavy (non-hydrogen) atoms. The molecule has 0 saturated carbocycles. The molecule has 0 aliphatic carbocycles. The highest BCUT2D eigenvalue weighted by Gasteiger charge is 2.29. The second-order valence-corrected chi connectivity index (χ2v) is 9.15. The Morgan fingerprint density at radius 3 is 2.37 bits per heavy atom. The van der Waals surface area contributed by atoms with Crippen molar-refractivity contribution >= 4 is 34.9 Å². The van der Waals surface area contributed by atoms with Crippen LogP contribution in [0.5, 0.6) is 0 Å². The molecule has 1 aliphatic heterocycles. The number of carbonyl (C=O) groups excluding carboxylic acids is 1. The summed E-state index contributed by atoms with van der Waals surface area (Å²) in [5, 5.41) is 14.4. The van der Waals surface area contributed by atoms with Crippen LogP contribution in [0.4, 0.5) is 33.3 Å². The number of piperazine rings is 1. The van der Waals surface area contributed by atoms with Gasteiger partial charge in [-0.15, -0.1) is 0 Å². The zero-order valence-corrected chi connectivity index (χ0v) is 20.9. The van der Waals surface area contributed by atoms with Gasteiger partial charge in [-0.2, -0.15) is 13.2 Å². The second kappa shape index (κ2) is 12.7. The number of nitrogens with zero attached hydrogens (tertiary/aromatic N) is 2. The quantitative estimate of drug-likeness (QED) is 0.328. The predicted molar refractivity (Wildman–Crippen MR) is 132 cm³/mol. The minimum absolute atomic E-state index is 0.115. The van der Waals surface area contributed by atoms with Gasteiger partial charge in [0.15, 0.2) is 11.6 Å². The summed E-state index contributed by atoms with van der Waals surface area (Å²) in [7, 11) is 0. The highest BCUT2D eigenvalue weighted by molar-refractivity contribution is 6.31. The van der Waals surface area contributed by atoms with E-state index in [2.05, 4.69) is 10.6 Å². The van der Waals surface area contributed by atoms with Gasteiger partial charge in [0.25, 0.3) is 5.91 Å². The summed E-state index contributed by atoms with van der Waals surface area (Å²) in [5.74, 6) is -4.89. The van der Waals surface area contributed by atoms with Crippen LogP contribution < -0.4 is 21.3 Å². The first-order valence-corrected chi connectivity index (χ1v) is 12.1. The molecule has 8 nitrogen and oxygen atoms in total. The summed E-state index contributed by atoms with van der Waals surface area (Å²) in [6, 6.07) is 5.66. The van der Waals surface area contributed by atoms with E-state index in [1.807, 2.05) is 4.90 Å². The standard InChI is InChI=1S/C24H27ClF5N5O3/c25-15-2-4-17(19(11-15)35-9-7-34(8-10-35)6-5-24(28,29)30)33-22(36)16-3-1-14(20(26)21(16)27)13-32-18(12-31)23(37)38/h1-4,11,18,32H,5-10,12-13,31H2,(H,33,36)(H,37,38)/t18-/m1/s1. The molecule has 14 heteroatoms. The fraction of sp³-hybridized carbons (Fsp3) is 0.417. The number of nitrogens with one attached hydrogen (secondary N) is 2. The van der Waals surface area contributed by atoms with Gasteiger partial charge in [0.1, 0.15) is 6.04 Å². The maximum atomic E-state index is 14.8. The number of aliphatic carboxylic acids is 1. The van der Waals surface area contributed by atoms with Crippen molar-refractivity contribution in [1.82, 2.24) is 10.2 Å². The summed E-state index contributed by atoms with van der Waals surface area (Å²) in [4.78, 5) is 27.4. The zero-order chi connectivity index (χ0) is 28.0. The van der Waals surface area contributed by atoms with Gasteiger partial charge >= 0.3 is 12.1 Å². The average Bonchev–Trinajstić information content (AvgIpc) is 2.86. The second-order valence-electron chi connectivity index (χ2n) is 8.72. The number of carboxylic acid groups (broad SMARTS) is 1. The molecule has 1 fully saturated rings. The fourth-order valence-corrected chi connectivity index (χ4v) is 4.13. The molecule has 1 atom stereocenters. The summed E-state index contributed by atoms with van der Waals surface area (Å²) in [6.07, 6.45) is -5.15. The van der Waals surface area contributed by atoms with E-state index in [9.17, 15) is 31.5 Å². The van der Waals surface area contributed by atoms with Crippen molar-refractivity contribution < 1.29 is 36.6 Å². The van der Waals surface area contributed by atoms with Crippen LogP contribution in [0, 0.1) is 11.6 Å². The molecule has 1 heterocycles. The normalized spacial score (nSPS) is 15.4. The van der Waals surface area contributed by atoms with E-state index in [-0.39, 0.29) is 30.9 Å². The zero-order valence-electron chi connectivity index (χ0n) is 20.1. The first-order valence-electron chi connectivity index (χ1n) is 11.7. The molecule has 5 N–H and O–H groups in total. The highest BCUT2D eigenvalue weighted by Crippen LogP contribution is 2.31. The van der Waals surface area contributed by atoms with E-state index < -0.39 is 47.7 Å². The SMILES string of the molecule is NC[C@@H](NCc1ccc(C(=O)Nc2ccc(Cl)cc2N2CCN(CCC(F)(F)F)CC2)c(F)c1F)C(=O)O. The number of nitrogens with two attached hydrogens (primary N) is 1. The minimum Gasteiger partial charge on any atom is -0.480 e. The van der Waals surface area contributed by atoms with E-state index in [4.69, 9.17) is 22.4 Å². The molecule has 0 radical (unpaired) electrons. The Hall–Kier alpha value is -3.00. The van der Waals surface area contributed by atoms with E-state index >= 15 is 0 Å². The molecule has 1 saturated heterocycles. The summed E-state index contributed by atoms with van der Waals surface area (Å²) < 4.78 is 67.0. The third kappa shape index (κ3) is 7.76. The Kier molecular flexibility index (Phi) is 9.88. The first-order chi connectivity index (χ1) is 17.9. The Bertz CT molecular complexity index is 1160. The number of hydrogen-bond acceptors (Lipinski definition) is 6. The smallest absolute Gasteiger partial charge is 0.390 e. The average molecular weight is 564 g/mol. The summed E-state index contributed by atoms with van der Waals surface area (Å²) in [6.45, 7) is 0.755. The van der Waals surface area contributed by atoms with Crippen LogP contribution >= 0.6 is 11.6 Å². The van der Waals surface area contributed by atoms with Crippen LogP contribution in [0.1, 0.15) is 22.3 Å². The van der Waals surface area contributed by atoms with Gasteiger partial charge < -0.3 is 21.1 Å². The van der Waals surface area contributed by atoms with Crippen molar-refractivity contribution in [2.45, 2.75) is 25.2 Å². The lowest BCUT2D eigenvalue weighted by molar-refractivity contribution is -0.139. The first kappa shape index (κ1) is 29.6. The Balaban J connectivity index is 1.71. The van der Waals surface area contributed by atoms with Gasteiger partial charge in [-0.1, -0.05) is 17.7 Å². The fourth-order valence-electron chi connectivity index (χ4n) is 3.97. The van der Waals surface area contributed by atoms with Crippen molar-refractivity contribution in [3.8, 4) is 0 Å². The van der Waals surface area contributed by atoms with E-state index in [0.29, 0.717) is 36.9 Å². The number of anilines is 2. The Morgan fingerprint density at radius 2 is 1.76 bits per heavy atom.